The van der Waals surface area contributed by atoms with Gasteiger partial charge in [0.25, 0.3) is 5.91 Å². The van der Waals surface area contributed by atoms with Gasteiger partial charge in [0.1, 0.15) is 24.5 Å². The quantitative estimate of drug-likeness (QED) is 0.743. The number of hydrogen-bond donors (Lipinski definition) is 2. The van der Waals surface area contributed by atoms with Gasteiger partial charge in [0.05, 0.1) is 6.04 Å². The van der Waals surface area contributed by atoms with Crippen LogP contribution in [0.3, 0.4) is 0 Å². The second-order valence-corrected chi connectivity index (χ2v) is 6.79. The van der Waals surface area contributed by atoms with Gasteiger partial charge in [0.2, 0.25) is 0 Å². The number of fused-ring (bicyclic) bond motifs is 1. The molecule has 2 N–H and O–H groups in total. The third kappa shape index (κ3) is 4.54. The second-order valence-electron chi connectivity index (χ2n) is 6.79. The molecule has 0 saturated heterocycles. The van der Waals surface area contributed by atoms with Crippen LogP contribution in [0.2, 0.25) is 0 Å². The van der Waals surface area contributed by atoms with Gasteiger partial charge in [-0.3, -0.25) is 4.79 Å². The third-order valence-electron chi connectivity index (χ3n) is 4.37. The molecule has 0 fully saturated rings. The molecule has 28 heavy (non-hydrogen) atoms. The first kappa shape index (κ1) is 19.5. The molecule has 1 aliphatic heterocycles. The Morgan fingerprint density at radius 2 is 1.82 bits per heavy atom. The zero-order valence-electron chi connectivity index (χ0n) is 15.8. The molecule has 1 atom stereocenters. The average Bonchev–Trinajstić information content (AvgIpc) is 2.70. The molecular formula is C21H23NO6. The SMILES string of the molecule is CC(C)[C@H](NC(=O)COC(=O)c1ccccc1O)c1ccc2c(c1)OCCO2. The predicted molar refractivity (Wildman–Crippen MR) is 102 cm³/mol. The first-order chi connectivity index (χ1) is 13.5. The van der Waals surface area contributed by atoms with E-state index in [9.17, 15) is 14.7 Å². The minimum absolute atomic E-state index is 0.0162. The Bertz CT molecular complexity index is 864. The number of ether oxygens (including phenoxy) is 3. The number of aromatic hydroxyl groups is 1. The van der Waals surface area contributed by atoms with Crippen LogP contribution in [0.25, 0.3) is 0 Å². The van der Waals surface area contributed by atoms with Crippen LogP contribution in [0.4, 0.5) is 0 Å². The highest BCUT2D eigenvalue weighted by molar-refractivity contribution is 5.93. The summed E-state index contributed by atoms with van der Waals surface area (Å²) < 4.78 is 16.2. The molecule has 2 aromatic carbocycles. The molecule has 0 spiro atoms. The van der Waals surface area contributed by atoms with Crippen molar-refractivity contribution in [3.63, 3.8) is 0 Å². The van der Waals surface area contributed by atoms with Gasteiger partial charge < -0.3 is 24.6 Å². The molecule has 0 bridgehead atoms. The Morgan fingerprint density at radius 3 is 2.54 bits per heavy atom. The topological polar surface area (TPSA) is 94.1 Å². The van der Waals surface area contributed by atoms with E-state index in [1.165, 1.54) is 12.1 Å². The normalized spacial score (nSPS) is 13.7. The number of esters is 1. The van der Waals surface area contributed by atoms with Crippen LogP contribution in [0, 0.1) is 5.92 Å². The minimum atomic E-state index is -0.756. The molecule has 7 heteroatoms. The minimum Gasteiger partial charge on any atom is -0.507 e. The Morgan fingerprint density at radius 1 is 1.11 bits per heavy atom. The van der Waals surface area contributed by atoms with Crippen molar-refractivity contribution in [3.05, 3.63) is 53.6 Å². The summed E-state index contributed by atoms with van der Waals surface area (Å²) in [5, 5.41) is 12.6. The Balaban J connectivity index is 1.63. The van der Waals surface area contributed by atoms with Crippen LogP contribution in [-0.2, 0) is 9.53 Å². The third-order valence-corrected chi connectivity index (χ3v) is 4.37. The van der Waals surface area contributed by atoms with E-state index in [-0.39, 0.29) is 23.3 Å². The molecule has 2 aromatic rings. The Hall–Kier alpha value is -3.22. The molecule has 0 saturated carbocycles. The maximum atomic E-state index is 12.3. The van der Waals surface area contributed by atoms with Crippen molar-refractivity contribution in [1.29, 1.82) is 0 Å². The second kappa shape index (κ2) is 8.65. The van der Waals surface area contributed by atoms with Crippen molar-refractivity contribution in [2.75, 3.05) is 19.8 Å². The highest BCUT2D eigenvalue weighted by Gasteiger charge is 2.22. The van der Waals surface area contributed by atoms with Crippen molar-refractivity contribution >= 4 is 11.9 Å². The summed E-state index contributed by atoms with van der Waals surface area (Å²) in [4.78, 5) is 24.4. The summed E-state index contributed by atoms with van der Waals surface area (Å²) in [5.74, 6) is 0.0470. The Kier molecular flexibility index (Phi) is 6.03. The highest BCUT2D eigenvalue weighted by atomic mass is 16.6. The number of rotatable bonds is 6. The van der Waals surface area contributed by atoms with Gasteiger partial charge in [-0.2, -0.15) is 0 Å². The maximum absolute atomic E-state index is 12.3. The Labute approximate surface area is 163 Å². The summed E-state index contributed by atoms with van der Waals surface area (Å²) in [7, 11) is 0. The summed E-state index contributed by atoms with van der Waals surface area (Å²) in [6.45, 7) is 4.52. The smallest absolute Gasteiger partial charge is 0.342 e. The van der Waals surface area contributed by atoms with Crippen LogP contribution < -0.4 is 14.8 Å². The van der Waals surface area contributed by atoms with Gasteiger partial charge in [0.15, 0.2) is 18.1 Å². The van der Waals surface area contributed by atoms with Crippen molar-refractivity contribution in [2.24, 2.45) is 5.92 Å². The fraction of sp³-hybridized carbons (Fsp3) is 0.333. The fourth-order valence-electron chi connectivity index (χ4n) is 2.96. The number of para-hydroxylation sites is 1. The number of nitrogens with one attached hydrogen (secondary N) is 1. The largest absolute Gasteiger partial charge is 0.507 e. The standard InChI is InChI=1S/C21H23NO6/c1-13(2)20(14-7-8-17-18(11-14)27-10-9-26-17)22-19(24)12-28-21(25)15-5-3-4-6-16(15)23/h3-8,11,13,20,23H,9-10,12H2,1-2H3,(H,22,24)/t20-/m0/s1. The van der Waals surface area contributed by atoms with Gasteiger partial charge in [0, 0.05) is 0 Å². The summed E-state index contributed by atoms with van der Waals surface area (Å²) in [6, 6.07) is 11.3. The molecule has 7 nitrogen and oxygen atoms in total. The lowest BCUT2D eigenvalue weighted by Gasteiger charge is -2.25. The van der Waals surface area contributed by atoms with Crippen molar-refractivity contribution in [1.82, 2.24) is 5.32 Å². The molecular weight excluding hydrogens is 362 g/mol. The summed E-state index contributed by atoms with van der Waals surface area (Å²) in [5.41, 5.74) is 0.891. The zero-order chi connectivity index (χ0) is 20.1. The molecule has 1 aliphatic rings. The lowest BCUT2D eigenvalue weighted by Crippen LogP contribution is -2.35. The van der Waals surface area contributed by atoms with Gasteiger partial charge in [-0.15, -0.1) is 0 Å². The van der Waals surface area contributed by atoms with Crippen LogP contribution >= 0.6 is 0 Å². The first-order valence-electron chi connectivity index (χ1n) is 9.09. The van der Waals surface area contributed by atoms with Gasteiger partial charge in [-0.25, -0.2) is 4.79 Å². The van der Waals surface area contributed by atoms with Crippen molar-refractivity contribution < 1.29 is 28.9 Å². The number of hydrogen-bond acceptors (Lipinski definition) is 6. The van der Waals surface area contributed by atoms with E-state index in [0.717, 1.165) is 5.56 Å². The van der Waals surface area contributed by atoms with E-state index in [0.29, 0.717) is 24.7 Å². The first-order valence-corrected chi connectivity index (χ1v) is 9.09. The van der Waals surface area contributed by atoms with E-state index in [1.807, 2.05) is 32.0 Å². The molecule has 1 heterocycles. The predicted octanol–water partition coefficient (Wildman–Crippen LogP) is 2.83. The van der Waals surface area contributed by atoms with Crippen LogP contribution in [0.1, 0.15) is 35.8 Å². The van der Waals surface area contributed by atoms with Crippen LogP contribution in [0.15, 0.2) is 42.5 Å². The van der Waals surface area contributed by atoms with E-state index in [4.69, 9.17) is 14.2 Å². The number of phenolic OH excluding ortho intramolecular Hbond substituents is 1. The number of carbonyl (C=O) groups excluding carboxylic acids is 2. The van der Waals surface area contributed by atoms with E-state index < -0.39 is 18.5 Å². The number of phenols is 1. The van der Waals surface area contributed by atoms with Crippen LogP contribution in [0.5, 0.6) is 17.2 Å². The molecule has 1 amide bonds. The molecule has 0 aliphatic carbocycles. The van der Waals surface area contributed by atoms with E-state index >= 15 is 0 Å². The van der Waals surface area contributed by atoms with E-state index in [2.05, 4.69) is 5.32 Å². The number of amides is 1. The lowest BCUT2D eigenvalue weighted by molar-refractivity contribution is -0.125. The molecule has 3 rings (SSSR count). The average molecular weight is 385 g/mol. The molecule has 0 unspecified atom stereocenters. The zero-order valence-corrected chi connectivity index (χ0v) is 15.8. The van der Waals surface area contributed by atoms with Gasteiger partial charge in [-0.1, -0.05) is 32.0 Å². The molecule has 0 radical (unpaired) electrons. The van der Waals surface area contributed by atoms with Gasteiger partial charge >= 0.3 is 5.97 Å². The highest BCUT2D eigenvalue weighted by Crippen LogP contribution is 2.34. The van der Waals surface area contributed by atoms with E-state index in [1.54, 1.807) is 12.1 Å². The molecule has 148 valence electrons. The monoisotopic (exact) mass is 385 g/mol. The summed E-state index contributed by atoms with van der Waals surface area (Å²) >= 11 is 0. The summed E-state index contributed by atoms with van der Waals surface area (Å²) in [6.07, 6.45) is 0. The number of benzene rings is 2. The van der Waals surface area contributed by atoms with Gasteiger partial charge in [-0.05, 0) is 35.7 Å². The lowest BCUT2D eigenvalue weighted by atomic mass is 9.95. The fourth-order valence-corrected chi connectivity index (χ4v) is 2.96. The van der Waals surface area contributed by atoms with Crippen molar-refractivity contribution in [2.45, 2.75) is 19.9 Å². The van der Waals surface area contributed by atoms with Crippen LogP contribution in [-0.4, -0.2) is 36.8 Å². The maximum Gasteiger partial charge on any atom is 0.342 e. The molecule has 0 aromatic heterocycles. The van der Waals surface area contributed by atoms with Crippen molar-refractivity contribution in [3.8, 4) is 17.2 Å². The number of carbonyl (C=O) groups is 2.